The number of thiophene rings is 1. The first-order chi connectivity index (χ1) is 8.26. The summed E-state index contributed by atoms with van der Waals surface area (Å²) in [6.07, 6.45) is 1.18. The van der Waals surface area contributed by atoms with Gasteiger partial charge in [-0.15, -0.1) is 11.3 Å². The van der Waals surface area contributed by atoms with Gasteiger partial charge in [-0.2, -0.15) is 0 Å². The van der Waals surface area contributed by atoms with Gasteiger partial charge in [0.2, 0.25) is 0 Å². The molecule has 1 aromatic rings. The SMILES string of the molecule is CC(C)CC(O)(CC(C)C)c1sccc1C(=O)O. The van der Waals surface area contributed by atoms with Gasteiger partial charge in [0.05, 0.1) is 10.4 Å². The third-order valence-electron chi connectivity index (χ3n) is 2.81. The maximum atomic E-state index is 11.2. The van der Waals surface area contributed by atoms with Crippen LogP contribution in [0.5, 0.6) is 0 Å². The predicted octanol–water partition coefficient (Wildman–Crippen LogP) is 3.73. The Labute approximate surface area is 112 Å². The van der Waals surface area contributed by atoms with Gasteiger partial charge in [0, 0.05) is 0 Å². The molecule has 1 rings (SSSR count). The number of rotatable bonds is 6. The van der Waals surface area contributed by atoms with Crippen molar-refractivity contribution in [3.05, 3.63) is 21.9 Å². The van der Waals surface area contributed by atoms with Crippen molar-refractivity contribution in [1.82, 2.24) is 0 Å². The molecule has 0 aliphatic carbocycles. The van der Waals surface area contributed by atoms with Gasteiger partial charge >= 0.3 is 5.97 Å². The van der Waals surface area contributed by atoms with Crippen molar-refractivity contribution in [3.8, 4) is 0 Å². The summed E-state index contributed by atoms with van der Waals surface area (Å²) in [6.45, 7) is 8.16. The van der Waals surface area contributed by atoms with Crippen LogP contribution in [0, 0.1) is 11.8 Å². The maximum absolute atomic E-state index is 11.2. The van der Waals surface area contributed by atoms with Crippen molar-refractivity contribution in [2.45, 2.75) is 46.1 Å². The van der Waals surface area contributed by atoms with E-state index in [1.807, 2.05) is 27.7 Å². The highest BCUT2D eigenvalue weighted by atomic mass is 32.1. The minimum absolute atomic E-state index is 0.240. The van der Waals surface area contributed by atoms with Crippen molar-refractivity contribution >= 4 is 17.3 Å². The summed E-state index contributed by atoms with van der Waals surface area (Å²) in [5.41, 5.74) is -0.784. The van der Waals surface area contributed by atoms with Crippen LogP contribution in [-0.2, 0) is 5.60 Å². The summed E-state index contributed by atoms with van der Waals surface area (Å²) in [4.78, 5) is 11.8. The molecule has 0 aromatic carbocycles. The summed E-state index contributed by atoms with van der Waals surface area (Å²) in [5.74, 6) is -0.327. The molecule has 18 heavy (non-hydrogen) atoms. The molecular formula is C14H22O3S. The summed E-state index contributed by atoms with van der Waals surface area (Å²) >= 11 is 1.34. The molecule has 102 valence electrons. The predicted molar refractivity (Wildman–Crippen MR) is 74.1 cm³/mol. The number of aliphatic hydroxyl groups is 1. The molecule has 0 saturated carbocycles. The Morgan fingerprint density at radius 2 is 1.78 bits per heavy atom. The van der Waals surface area contributed by atoms with E-state index in [4.69, 9.17) is 0 Å². The Balaban J connectivity index is 3.16. The number of carbonyl (C=O) groups is 1. The number of hydrogen-bond acceptors (Lipinski definition) is 3. The summed E-state index contributed by atoms with van der Waals surface area (Å²) in [7, 11) is 0. The van der Waals surface area contributed by atoms with Crippen LogP contribution in [0.3, 0.4) is 0 Å². The van der Waals surface area contributed by atoms with Gasteiger partial charge in [-0.1, -0.05) is 27.7 Å². The Bertz CT molecular complexity index is 397. The van der Waals surface area contributed by atoms with E-state index >= 15 is 0 Å². The highest BCUT2D eigenvalue weighted by Gasteiger charge is 2.35. The van der Waals surface area contributed by atoms with Crippen LogP contribution in [0.2, 0.25) is 0 Å². The topological polar surface area (TPSA) is 57.5 Å². The van der Waals surface area contributed by atoms with Gasteiger partial charge in [0.1, 0.15) is 5.60 Å². The van der Waals surface area contributed by atoms with E-state index in [2.05, 4.69) is 0 Å². The molecule has 0 unspecified atom stereocenters. The molecule has 0 amide bonds. The third kappa shape index (κ3) is 3.56. The highest BCUT2D eigenvalue weighted by Crippen LogP contribution is 2.39. The van der Waals surface area contributed by atoms with E-state index in [1.54, 1.807) is 11.4 Å². The average molecular weight is 270 g/mol. The van der Waals surface area contributed by atoms with E-state index in [-0.39, 0.29) is 5.56 Å². The van der Waals surface area contributed by atoms with Gasteiger partial charge in [-0.25, -0.2) is 4.79 Å². The molecule has 1 aromatic heterocycles. The van der Waals surface area contributed by atoms with Crippen molar-refractivity contribution in [1.29, 1.82) is 0 Å². The molecule has 0 bridgehead atoms. The second kappa shape index (κ2) is 5.85. The Morgan fingerprint density at radius 1 is 1.28 bits per heavy atom. The molecular weight excluding hydrogens is 248 g/mol. The first-order valence-corrected chi connectivity index (χ1v) is 7.18. The van der Waals surface area contributed by atoms with Crippen LogP contribution in [0.4, 0.5) is 0 Å². The molecule has 0 saturated heterocycles. The van der Waals surface area contributed by atoms with Crippen LogP contribution in [0.15, 0.2) is 11.4 Å². The third-order valence-corrected chi connectivity index (χ3v) is 3.92. The zero-order valence-corrected chi connectivity index (χ0v) is 12.3. The molecule has 2 N–H and O–H groups in total. The van der Waals surface area contributed by atoms with Crippen LogP contribution < -0.4 is 0 Å². The van der Waals surface area contributed by atoms with Crippen LogP contribution in [0.25, 0.3) is 0 Å². The summed E-state index contributed by atoms with van der Waals surface area (Å²) in [5, 5.41) is 21.8. The Kier molecular flexibility index (Phi) is 4.93. The smallest absolute Gasteiger partial charge is 0.336 e. The lowest BCUT2D eigenvalue weighted by Gasteiger charge is -2.31. The molecule has 0 fully saturated rings. The van der Waals surface area contributed by atoms with Gasteiger partial charge < -0.3 is 10.2 Å². The fourth-order valence-electron chi connectivity index (χ4n) is 2.46. The van der Waals surface area contributed by atoms with Crippen LogP contribution in [-0.4, -0.2) is 16.2 Å². The second-order valence-corrected chi connectivity index (χ2v) is 6.61. The molecule has 0 aliphatic rings. The fraction of sp³-hybridized carbons (Fsp3) is 0.643. The lowest BCUT2D eigenvalue weighted by Crippen LogP contribution is -2.30. The first kappa shape index (κ1) is 15.2. The lowest BCUT2D eigenvalue weighted by atomic mass is 9.82. The number of aromatic carboxylic acids is 1. The molecule has 1 heterocycles. The summed E-state index contributed by atoms with van der Waals surface area (Å²) in [6, 6.07) is 1.58. The van der Waals surface area contributed by atoms with E-state index < -0.39 is 11.6 Å². The number of hydrogen-bond donors (Lipinski definition) is 2. The molecule has 3 nitrogen and oxygen atoms in total. The van der Waals surface area contributed by atoms with Gasteiger partial charge in [-0.05, 0) is 36.1 Å². The summed E-state index contributed by atoms with van der Waals surface area (Å²) < 4.78 is 0. The van der Waals surface area contributed by atoms with Crippen molar-refractivity contribution in [2.24, 2.45) is 11.8 Å². The molecule has 0 aliphatic heterocycles. The van der Waals surface area contributed by atoms with Gasteiger partial charge in [-0.3, -0.25) is 0 Å². The molecule has 0 atom stereocenters. The fourth-order valence-corrected chi connectivity index (χ4v) is 3.47. The van der Waals surface area contributed by atoms with E-state index in [0.717, 1.165) is 0 Å². The minimum atomic E-state index is -1.02. The minimum Gasteiger partial charge on any atom is -0.478 e. The number of carboxylic acids is 1. The monoisotopic (exact) mass is 270 g/mol. The van der Waals surface area contributed by atoms with E-state index in [0.29, 0.717) is 29.6 Å². The number of carboxylic acid groups (broad SMARTS) is 1. The average Bonchev–Trinajstić information content (AvgIpc) is 2.62. The highest BCUT2D eigenvalue weighted by molar-refractivity contribution is 7.10. The zero-order chi connectivity index (χ0) is 13.9. The normalized spacial score (nSPS) is 12.4. The standard InChI is InChI=1S/C14H22O3S/c1-9(2)7-14(17,8-10(3)4)12-11(13(15)16)5-6-18-12/h5-6,9-10,17H,7-8H2,1-4H3,(H,15,16). The second-order valence-electron chi connectivity index (χ2n) is 5.70. The van der Waals surface area contributed by atoms with Crippen molar-refractivity contribution in [3.63, 3.8) is 0 Å². The van der Waals surface area contributed by atoms with E-state index in [9.17, 15) is 15.0 Å². The van der Waals surface area contributed by atoms with Crippen molar-refractivity contribution < 1.29 is 15.0 Å². The first-order valence-electron chi connectivity index (χ1n) is 6.30. The van der Waals surface area contributed by atoms with Crippen molar-refractivity contribution in [2.75, 3.05) is 0 Å². The van der Waals surface area contributed by atoms with Gasteiger partial charge in [0.15, 0.2) is 0 Å². The van der Waals surface area contributed by atoms with Crippen LogP contribution in [0.1, 0.15) is 55.8 Å². The lowest BCUT2D eigenvalue weighted by molar-refractivity contribution is -0.00233. The van der Waals surface area contributed by atoms with E-state index in [1.165, 1.54) is 11.3 Å². The molecule has 4 heteroatoms. The maximum Gasteiger partial charge on any atom is 0.336 e. The molecule has 0 spiro atoms. The molecule has 0 radical (unpaired) electrons. The Morgan fingerprint density at radius 3 is 2.17 bits per heavy atom. The Hall–Kier alpha value is -0.870. The van der Waals surface area contributed by atoms with Gasteiger partial charge in [0.25, 0.3) is 0 Å². The quantitative estimate of drug-likeness (QED) is 0.828. The zero-order valence-electron chi connectivity index (χ0n) is 11.4. The van der Waals surface area contributed by atoms with Crippen LogP contribution >= 0.6 is 11.3 Å². The largest absolute Gasteiger partial charge is 0.478 e.